The predicted molar refractivity (Wildman–Crippen MR) is 45.0 cm³/mol. The van der Waals surface area contributed by atoms with Crippen LogP contribution in [-0.2, 0) is 17.9 Å². The van der Waals surface area contributed by atoms with E-state index < -0.39 is 12.6 Å². The molecule has 0 fully saturated rings. The molecule has 0 spiro atoms. The monoisotopic (exact) mass is 183 g/mol. The van der Waals surface area contributed by atoms with Gasteiger partial charge in [0.2, 0.25) is 0 Å². The third-order valence-corrected chi connectivity index (χ3v) is 1.60. The van der Waals surface area contributed by atoms with E-state index in [1.807, 2.05) is 0 Å². The summed E-state index contributed by atoms with van der Waals surface area (Å²) in [5.74, 6) is -0.868. The molecule has 70 valence electrons. The molecular weight excluding hydrogens is 173 g/mol. The maximum absolute atomic E-state index is 12.1. The third-order valence-electron chi connectivity index (χ3n) is 1.60. The molecular formula is C9H10FNO2. The molecule has 13 heavy (non-hydrogen) atoms. The van der Waals surface area contributed by atoms with Crippen LogP contribution in [0.5, 0.6) is 0 Å². The van der Waals surface area contributed by atoms with E-state index in [-0.39, 0.29) is 6.42 Å². The van der Waals surface area contributed by atoms with E-state index in [1.165, 1.54) is 0 Å². The molecule has 0 aliphatic carbocycles. The highest BCUT2D eigenvalue weighted by molar-refractivity contribution is 5.66. The van der Waals surface area contributed by atoms with Gasteiger partial charge in [-0.25, -0.2) is 4.39 Å². The van der Waals surface area contributed by atoms with Gasteiger partial charge in [-0.3, -0.25) is 9.78 Å². The zero-order valence-corrected chi connectivity index (χ0v) is 7.03. The zero-order valence-electron chi connectivity index (χ0n) is 7.03. The fourth-order valence-corrected chi connectivity index (χ4v) is 0.978. The van der Waals surface area contributed by atoms with Crippen LogP contribution in [0, 0.1) is 0 Å². The van der Waals surface area contributed by atoms with Crippen molar-refractivity contribution in [2.75, 3.05) is 0 Å². The zero-order chi connectivity index (χ0) is 9.68. The summed E-state index contributed by atoms with van der Waals surface area (Å²) in [6.07, 6.45) is 0.381. The minimum absolute atomic E-state index is 0.0305. The van der Waals surface area contributed by atoms with Gasteiger partial charge >= 0.3 is 5.97 Å². The SMILES string of the molecule is O=C(O)CCc1cccc(CF)n1. The first-order valence-electron chi connectivity index (χ1n) is 3.95. The predicted octanol–water partition coefficient (Wildman–Crippen LogP) is 1.57. The van der Waals surface area contributed by atoms with Gasteiger partial charge in [-0.1, -0.05) is 6.07 Å². The summed E-state index contributed by atoms with van der Waals surface area (Å²) in [7, 11) is 0. The maximum Gasteiger partial charge on any atom is 0.303 e. The standard InChI is InChI=1S/C9H10FNO2/c10-6-8-3-1-2-7(11-8)4-5-9(12)13/h1-3H,4-6H2,(H,12,13). The molecule has 0 saturated carbocycles. The van der Waals surface area contributed by atoms with Gasteiger partial charge in [0.05, 0.1) is 12.1 Å². The Morgan fingerprint density at radius 2 is 2.15 bits per heavy atom. The summed E-state index contributed by atoms with van der Waals surface area (Å²) in [6.45, 7) is -0.610. The highest BCUT2D eigenvalue weighted by Gasteiger charge is 2.01. The van der Waals surface area contributed by atoms with Crippen molar-refractivity contribution < 1.29 is 14.3 Å². The second kappa shape index (κ2) is 4.54. The number of aryl methyl sites for hydroxylation is 1. The fourth-order valence-electron chi connectivity index (χ4n) is 0.978. The topological polar surface area (TPSA) is 50.2 Å². The van der Waals surface area contributed by atoms with Crippen molar-refractivity contribution in [2.45, 2.75) is 19.5 Å². The van der Waals surface area contributed by atoms with Crippen molar-refractivity contribution in [2.24, 2.45) is 0 Å². The Morgan fingerprint density at radius 1 is 1.46 bits per heavy atom. The number of rotatable bonds is 4. The van der Waals surface area contributed by atoms with E-state index in [0.29, 0.717) is 17.8 Å². The molecule has 1 heterocycles. The summed E-state index contributed by atoms with van der Waals surface area (Å²) in [6, 6.07) is 4.95. The number of pyridine rings is 1. The summed E-state index contributed by atoms with van der Waals surface area (Å²) in [4.78, 5) is 14.2. The molecule has 3 nitrogen and oxygen atoms in total. The molecule has 0 unspecified atom stereocenters. The van der Waals surface area contributed by atoms with Crippen molar-refractivity contribution >= 4 is 5.97 Å². The summed E-state index contributed by atoms with van der Waals surface area (Å²) in [5, 5.41) is 8.40. The van der Waals surface area contributed by atoms with Gasteiger partial charge in [0.1, 0.15) is 6.67 Å². The average Bonchev–Trinajstić information content (AvgIpc) is 2.15. The number of aliphatic carboxylic acids is 1. The lowest BCUT2D eigenvalue weighted by molar-refractivity contribution is -0.136. The van der Waals surface area contributed by atoms with E-state index in [0.717, 1.165) is 0 Å². The normalized spacial score (nSPS) is 9.92. The Labute approximate surface area is 75.2 Å². The molecule has 4 heteroatoms. The highest BCUT2D eigenvalue weighted by Crippen LogP contribution is 2.03. The number of carbonyl (C=O) groups is 1. The van der Waals surface area contributed by atoms with Crippen LogP contribution in [0.4, 0.5) is 4.39 Å². The van der Waals surface area contributed by atoms with Crippen molar-refractivity contribution in [3.05, 3.63) is 29.6 Å². The van der Waals surface area contributed by atoms with E-state index in [4.69, 9.17) is 5.11 Å². The Balaban J connectivity index is 2.61. The van der Waals surface area contributed by atoms with Crippen LogP contribution in [0.15, 0.2) is 18.2 Å². The molecule has 0 aliphatic rings. The molecule has 0 aliphatic heterocycles. The van der Waals surface area contributed by atoms with Gasteiger partial charge in [-0.2, -0.15) is 0 Å². The van der Waals surface area contributed by atoms with E-state index >= 15 is 0 Å². The Morgan fingerprint density at radius 3 is 2.77 bits per heavy atom. The van der Waals surface area contributed by atoms with E-state index in [2.05, 4.69) is 4.98 Å². The van der Waals surface area contributed by atoms with Crippen LogP contribution in [0.3, 0.4) is 0 Å². The number of carboxylic acids is 1. The first-order valence-corrected chi connectivity index (χ1v) is 3.95. The fraction of sp³-hybridized carbons (Fsp3) is 0.333. The summed E-state index contributed by atoms with van der Waals surface area (Å²) >= 11 is 0. The lowest BCUT2D eigenvalue weighted by Gasteiger charge is -1.99. The maximum atomic E-state index is 12.1. The number of hydrogen-bond donors (Lipinski definition) is 1. The number of carboxylic acid groups (broad SMARTS) is 1. The first kappa shape index (κ1) is 9.64. The number of hydrogen-bond acceptors (Lipinski definition) is 2. The van der Waals surface area contributed by atoms with E-state index in [1.54, 1.807) is 18.2 Å². The van der Waals surface area contributed by atoms with Crippen LogP contribution >= 0.6 is 0 Å². The number of nitrogens with zero attached hydrogens (tertiary/aromatic N) is 1. The molecule has 0 aromatic carbocycles. The van der Waals surface area contributed by atoms with Crippen molar-refractivity contribution in [1.82, 2.24) is 4.98 Å². The van der Waals surface area contributed by atoms with Gasteiger partial charge in [0, 0.05) is 12.1 Å². The average molecular weight is 183 g/mol. The smallest absolute Gasteiger partial charge is 0.303 e. The minimum atomic E-state index is -0.868. The second-order valence-electron chi connectivity index (χ2n) is 2.65. The van der Waals surface area contributed by atoms with Crippen LogP contribution in [0.25, 0.3) is 0 Å². The Hall–Kier alpha value is -1.45. The van der Waals surface area contributed by atoms with Crippen LogP contribution in [0.2, 0.25) is 0 Å². The van der Waals surface area contributed by atoms with Gasteiger partial charge < -0.3 is 5.11 Å². The van der Waals surface area contributed by atoms with Gasteiger partial charge in [0.15, 0.2) is 0 Å². The van der Waals surface area contributed by atoms with Crippen LogP contribution in [-0.4, -0.2) is 16.1 Å². The summed E-state index contributed by atoms with van der Waals surface area (Å²) < 4.78 is 12.1. The van der Waals surface area contributed by atoms with Crippen molar-refractivity contribution in [3.63, 3.8) is 0 Å². The van der Waals surface area contributed by atoms with Gasteiger partial charge in [-0.15, -0.1) is 0 Å². The van der Waals surface area contributed by atoms with Gasteiger partial charge in [-0.05, 0) is 12.1 Å². The van der Waals surface area contributed by atoms with Gasteiger partial charge in [0.25, 0.3) is 0 Å². The number of halogens is 1. The molecule has 0 amide bonds. The van der Waals surface area contributed by atoms with Crippen LogP contribution in [0.1, 0.15) is 17.8 Å². The van der Waals surface area contributed by atoms with Crippen molar-refractivity contribution in [1.29, 1.82) is 0 Å². The largest absolute Gasteiger partial charge is 0.481 e. The molecule has 1 aromatic heterocycles. The highest BCUT2D eigenvalue weighted by atomic mass is 19.1. The van der Waals surface area contributed by atoms with Crippen molar-refractivity contribution in [3.8, 4) is 0 Å². The summed E-state index contributed by atoms with van der Waals surface area (Å²) in [5.41, 5.74) is 0.973. The molecule has 1 N–H and O–H groups in total. The quantitative estimate of drug-likeness (QED) is 0.770. The minimum Gasteiger partial charge on any atom is -0.481 e. The molecule has 1 rings (SSSR count). The Bertz CT molecular complexity index is 301. The number of aromatic nitrogens is 1. The lowest BCUT2D eigenvalue weighted by Crippen LogP contribution is -2.00. The Kier molecular flexibility index (Phi) is 3.37. The second-order valence-corrected chi connectivity index (χ2v) is 2.65. The molecule has 0 atom stereocenters. The molecule has 0 bridgehead atoms. The first-order chi connectivity index (χ1) is 6.22. The van der Waals surface area contributed by atoms with E-state index in [9.17, 15) is 9.18 Å². The number of alkyl halides is 1. The molecule has 1 aromatic rings. The molecule has 0 radical (unpaired) electrons. The third kappa shape index (κ3) is 3.19. The lowest BCUT2D eigenvalue weighted by atomic mass is 10.2. The molecule has 0 saturated heterocycles. The van der Waals surface area contributed by atoms with Crippen LogP contribution < -0.4 is 0 Å².